The first-order valence-corrected chi connectivity index (χ1v) is 8.61. The molecule has 1 aromatic rings. The minimum atomic E-state index is -0.847. The third-order valence-electron chi connectivity index (χ3n) is 3.67. The Morgan fingerprint density at radius 3 is 2.48 bits per heavy atom. The van der Waals surface area contributed by atoms with Gasteiger partial charge in [-0.15, -0.1) is 0 Å². The van der Waals surface area contributed by atoms with Crippen molar-refractivity contribution in [3.8, 4) is 0 Å². The monoisotopic (exact) mass is 329 g/mol. The van der Waals surface area contributed by atoms with Crippen molar-refractivity contribution in [2.75, 3.05) is 0 Å². The molecule has 3 nitrogen and oxygen atoms in total. The lowest BCUT2D eigenvalue weighted by atomic mass is 9.91. The van der Waals surface area contributed by atoms with Crippen molar-refractivity contribution in [3.05, 3.63) is 59.2 Å². The summed E-state index contributed by atoms with van der Waals surface area (Å²) in [6.07, 6.45) is 6.82. The molecule has 1 heterocycles. The molecule has 0 radical (unpaired) electrons. The second kappa shape index (κ2) is 7.20. The summed E-state index contributed by atoms with van der Waals surface area (Å²) in [7, 11) is 0. The van der Waals surface area contributed by atoms with E-state index in [4.69, 9.17) is 9.88 Å². The Labute approximate surface area is 142 Å². The quantitative estimate of drug-likeness (QED) is 0.631. The van der Waals surface area contributed by atoms with Crippen LogP contribution < -0.4 is 5.14 Å². The highest BCUT2D eigenvalue weighted by Crippen LogP contribution is 2.40. The van der Waals surface area contributed by atoms with Gasteiger partial charge in [0.05, 0.1) is 5.57 Å². The van der Waals surface area contributed by atoms with E-state index in [1.807, 2.05) is 57.2 Å². The summed E-state index contributed by atoms with van der Waals surface area (Å²) in [4.78, 5) is 13.8. The van der Waals surface area contributed by atoms with Crippen molar-refractivity contribution in [1.29, 1.82) is 0 Å². The van der Waals surface area contributed by atoms with Gasteiger partial charge in [0.25, 0.3) is 0 Å². The molecule has 0 fully saturated rings. The standard InChI is InChI=1S/C19H23NO2S/c1-5-7-13(8-6-2)16-17(22-19(3,4)18(16)21)14-9-11-15(23-20)12-10-14/h5,7-12H,6,20H2,1-4H3/b7-5-,13-8+. The van der Waals surface area contributed by atoms with Crippen LogP contribution in [0.4, 0.5) is 0 Å². The molecule has 0 atom stereocenters. The van der Waals surface area contributed by atoms with Crippen LogP contribution in [-0.4, -0.2) is 11.4 Å². The van der Waals surface area contributed by atoms with Gasteiger partial charge in [0.2, 0.25) is 5.78 Å². The highest BCUT2D eigenvalue weighted by atomic mass is 32.2. The summed E-state index contributed by atoms with van der Waals surface area (Å²) >= 11 is 1.20. The van der Waals surface area contributed by atoms with E-state index in [9.17, 15) is 4.79 Å². The molecule has 0 aromatic heterocycles. The molecular formula is C19H23NO2S. The first-order valence-electron chi connectivity index (χ1n) is 7.73. The van der Waals surface area contributed by atoms with E-state index in [2.05, 4.69) is 13.0 Å². The van der Waals surface area contributed by atoms with Crippen molar-refractivity contribution in [3.63, 3.8) is 0 Å². The number of Topliss-reactive ketones (excluding diaryl/α,β-unsaturated/α-hetero) is 1. The van der Waals surface area contributed by atoms with Crippen LogP contribution in [0.2, 0.25) is 0 Å². The molecule has 122 valence electrons. The van der Waals surface area contributed by atoms with Gasteiger partial charge in [0.15, 0.2) is 5.60 Å². The largest absolute Gasteiger partial charge is 0.478 e. The van der Waals surface area contributed by atoms with Gasteiger partial charge in [0.1, 0.15) is 5.76 Å². The van der Waals surface area contributed by atoms with E-state index in [0.717, 1.165) is 22.5 Å². The Morgan fingerprint density at radius 2 is 1.96 bits per heavy atom. The molecule has 0 bridgehead atoms. The van der Waals surface area contributed by atoms with E-state index in [-0.39, 0.29) is 5.78 Å². The Bertz CT molecular complexity index is 682. The molecule has 2 rings (SSSR count). The first kappa shape index (κ1) is 17.6. The average molecular weight is 329 g/mol. The Kier molecular flexibility index (Phi) is 5.50. The average Bonchev–Trinajstić information content (AvgIpc) is 2.78. The molecule has 0 saturated heterocycles. The number of nitrogens with two attached hydrogens (primary N) is 1. The minimum Gasteiger partial charge on any atom is -0.478 e. The molecule has 0 spiro atoms. The number of ketones is 1. The smallest absolute Gasteiger partial charge is 0.210 e. The van der Waals surface area contributed by atoms with Crippen LogP contribution in [0.1, 0.15) is 39.7 Å². The van der Waals surface area contributed by atoms with Gasteiger partial charge in [0, 0.05) is 10.5 Å². The van der Waals surface area contributed by atoms with E-state index in [1.54, 1.807) is 0 Å². The van der Waals surface area contributed by atoms with Crippen LogP contribution in [0.5, 0.6) is 0 Å². The maximum absolute atomic E-state index is 12.8. The van der Waals surface area contributed by atoms with Crippen LogP contribution in [-0.2, 0) is 9.53 Å². The van der Waals surface area contributed by atoms with Gasteiger partial charge in [-0.2, -0.15) is 0 Å². The Hall–Kier alpha value is -1.78. The molecular weight excluding hydrogens is 306 g/mol. The van der Waals surface area contributed by atoms with Crippen LogP contribution in [0.25, 0.3) is 5.76 Å². The van der Waals surface area contributed by atoms with Crippen LogP contribution in [0.15, 0.2) is 58.5 Å². The van der Waals surface area contributed by atoms with Gasteiger partial charge in [-0.05, 0) is 56.8 Å². The minimum absolute atomic E-state index is 0.0163. The molecule has 0 unspecified atom stereocenters. The van der Waals surface area contributed by atoms with Crippen LogP contribution in [0.3, 0.4) is 0 Å². The zero-order chi connectivity index (χ0) is 17.0. The normalized spacial score (nSPS) is 18.0. The number of ether oxygens (including phenoxy) is 1. The van der Waals surface area contributed by atoms with E-state index < -0.39 is 5.60 Å². The topological polar surface area (TPSA) is 52.3 Å². The van der Waals surface area contributed by atoms with Gasteiger partial charge >= 0.3 is 0 Å². The highest BCUT2D eigenvalue weighted by Gasteiger charge is 2.42. The zero-order valence-electron chi connectivity index (χ0n) is 14.1. The summed E-state index contributed by atoms with van der Waals surface area (Å²) in [6, 6.07) is 7.75. The first-order chi connectivity index (χ1) is 10.9. The molecule has 1 aliphatic rings. The predicted octanol–water partition coefficient (Wildman–Crippen LogP) is 4.65. The molecule has 23 heavy (non-hydrogen) atoms. The number of benzene rings is 1. The lowest BCUT2D eigenvalue weighted by Gasteiger charge is -2.17. The number of allylic oxidation sites excluding steroid dienone is 4. The molecule has 0 saturated carbocycles. The van der Waals surface area contributed by atoms with Crippen molar-refractivity contribution >= 4 is 23.5 Å². The number of carbonyl (C=O) groups is 1. The fourth-order valence-corrected chi connectivity index (χ4v) is 2.85. The highest BCUT2D eigenvalue weighted by molar-refractivity contribution is 7.97. The zero-order valence-corrected chi connectivity index (χ0v) is 14.9. The lowest BCUT2D eigenvalue weighted by molar-refractivity contribution is -0.126. The lowest BCUT2D eigenvalue weighted by Crippen LogP contribution is -2.29. The molecule has 0 amide bonds. The van der Waals surface area contributed by atoms with Crippen molar-refractivity contribution in [2.45, 2.75) is 44.6 Å². The molecule has 1 aliphatic heterocycles. The molecule has 4 heteroatoms. The number of hydrogen-bond donors (Lipinski definition) is 1. The van der Waals surface area contributed by atoms with E-state index >= 15 is 0 Å². The predicted molar refractivity (Wildman–Crippen MR) is 96.8 cm³/mol. The maximum Gasteiger partial charge on any atom is 0.210 e. The third kappa shape index (κ3) is 3.59. The summed E-state index contributed by atoms with van der Waals surface area (Å²) in [5, 5.41) is 5.57. The second-order valence-corrected chi connectivity index (χ2v) is 6.56. The van der Waals surface area contributed by atoms with Crippen LogP contribution >= 0.6 is 11.9 Å². The number of hydrogen-bond acceptors (Lipinski definition) is 4. The van der Waals surface area contributed by atoms with Crippen LogP contribution in [0, 0.1) is 0 Å². The van der Waals surface area contributed by atoms with Gasteiger partial charge in [-0.3, -0.25) is 9.93 Å². The molecule has 2 N–H and O–H groups in total. The number of carbonyl (C=O) groups excluding carboxylic acids is 1. The van der Waals surface area contributed by atoms with E-state index in [0.29, 0.717) is 11.3 Å². The van der Waals surface area contributed by atoms with Crippen molar-refractivity contribution in [1.82, 2.24) is 0 Å². The Balaban J connectivity index is 2.60. The molecule has 1 aromatic carbocycles. The maximum atomic E-state index is 12.8. The van der Waals surface area contributed by atoms with Gasteiger partial charge in [-0.1, -0.05) is 37.3 Å². The summed E-state index contributed by atoms with van der Waals surface area (Å²) in [5.74, 6) is 0.661. The van der Waals surface area contributed by atoms with Crippen molar-refractivity contribution < 1.29 is 9.53 Å². The summed E-state index contributed by atoms with van der Waals surface area (Å²) in [6.45, 7) is 7.63. The Morgan fingerprint density at radius 1 is 1.30 bits per heavy atom. The second-order valence-electron chi connectivity index (χ2n) is 5.86. The summed E-state index contributed by atoms with van der Waals surface area (Å²) < 4.78 is 6.02. The number of rotatable bonds is 5. The fourth-order valence-electron chi connectivity index (χ4n) is 2.56. The van der Waals surface area contributed by atoms with Crippen molar-refractivity contribution in [2.24, 2.45) is 5.14 Å². The fraction of sp³-hybridized carbons (Fsp3) is 0.316. The van der Waals surface area contributed by atoms with Gasteiger partial charge < -0.3 is 4.74 Å². The summed E-state index contributed by atoms with van der Waals surface area (Å²) in [5.41, 5.74) is 1.62. The molecule has 0 aliphatic carbocycles. The third-order valence-corrected chi connectivity index (χ3v) is 4.21. The SMILES string of the molecule is C/C=C\C(=C/CC)C1=C(c2ccc(SN)cc2)OC(C)(C)C1=O. The van der Waals surface area contributed by atoms with Gasteiger partial charge in [-0.25, -0.2) is 0 Å². The van der Waals surface area contributed by atoms with E-state index in [1.165, 1.54) is 11.9 Å².